The first kappa shape index (κ1) is 8.90. The zero-order chi connectivity index (χ0) is 9.80. The first-order chi connectivity index (χ1) is 6.86. The van der Waals surface area contributed by atoms with Gasteiger partial charge in [-0.3, -0.25) is 0 Å². The number of aromatic nitrogens is 3. The summed E-state index contributed by atoms with van der Waals surface area (Å²) in [5.41, 5.74) is 0.879. The molecule has 1 aromatic heterocycles. The molecule has 4 nitrogen and oxygen atoms in total. The number of hydrogen-bond donors (Lipinski definition) is 1. The summed E-state index contributed by atoms with van der Waals surface area (Å²) in [5, 5.41) is 17.6. The van der Waals surface area contributed by atoms with Crippen LogP contribution in [0.25, 0.3) is 0 Å². The number of rotatable bonds is 3. The predicted molar refractivity (Wildman–Crippen MR) is 51.4 cm³/mol. The Morgan fingerprint density at radius 3 is 2.43 bits per heavy atom. The molecule has 14 heavy (non-hydrogen) atoms. The van der Waals surface area contributed by atoms with E-state index in [2.05, 4.69) is 10.2 Å². The molecule has 0 bridgehead atoms. The highest BCUT2D eigenvalue weighted by Crippen LogP contribution is 2.12. The fourth-order valence-electron chi connectivity index (χ4n) is 1.27. The third kappa shape index (κ3) is 1.97. The summed E-state index contributed by atoms with van der Waals surface area (Å²) in [6, 6.07) is 9.48. The summed E-state index contributed by atoms with van der Waals surface area (Å²) in [6.07, 6.45) is 2.64. The van der Waals surface area contributed by atoms with Gasteiger partial charge in [0.05, 0.1) is 18.9 Å². The van der Waals surface area contributed by atoms with Crippen LogP contribution in [0.4, 0.5) is 0 Å². The molecule has 1 unspecified atom stereocenters. The average molecular weight is 189 g/mol. The van der Waals surface area contributed by atoms with Gasteiger partial charge >= 0.3 is 0 Å². The van der Waals surface area contributed by atoms with Crippen molar-refractivity contribution in [2.24, 2.45) is 0 Å². The molecule has 0 spiro atoms. The minimum atomic E-state index is -0.552. The van der Waals surface area contributed by atoms with Gasteiger partial charge in [0.1, 0.15) is 6.10 Å². The molecule has 0 radical (unpaired) electrons. The number of hydrogen-bond acceptors (Lipinski definition) is 3. The molecule has 2 rings (SSSR count). The lowest BCUT2D eigenvalue weighted by Gasteiger charge is -2.09. The van der Waals surface area contributed by atoms with Gasteiger partial charge < -0.3 is 5.11 Å². The lowest BCUT2D eigenvalue weighted by molar-refractivity contribution is 0.145. The first-order valence-electron chi connectivity index (χ1n) is 4.43. The van der Waals surface area contributed by atoms with Gasteiger partial charge in [0, 0.05) is 0 Å². The van der Waals surface area contributed by atoms with Crippen molar-refractivity contribution in [2.45, 2.75) is 12.6 Å². The van der Waals surface area contributed by atoms with Crippen LogP contribution in [0.15, 0.2) is 42.7 Å². The van der Waals surface area contributed by atoms with Crippen molar-refractivity contribution < 1.29 is 5.11 Å². The molecule has 1 atom stereocenters. The molecule has 0 aliphatic rings. The fraction of sp³-hybridized carbons (Fsp3) is 0.200. The van der Waals surface area contributed by atoms with Crippen LogP contribution < -0.4 is 0 Å². The molecule has 0 aliphatic carbocycles. The van der Waals surface area contributed by atoms with E-state index in [0.717, 1.165) is 5.56 Å². The zero-order valence-corrected chi connectivity index (χ0v) is 7.61. The maximum atomic E-state index is 9.79. The molecule has 4 heteroatoms. The van der Waals surface area contributed by atoms with E-state index in [9.17, 15) is 5.11 Å². The molecular weight excluding hydrogens is 178 g/mol. The normalized spacial score (nSPS) is 12.6. The second kappa shape index (κ2) is 4.02. The summed E-state index contributed by atoms with van der Waals surface area (Å²) in [6.45, 7) is 0.386. The molecule has 2 aromatic rings. The third-order valence-electron chi connectivity index (χ3n) is 1.99. The van der Waals surface area contributed by atoms with Crippen LogP contribution in [-0.2, 0) is 6.54 Å². The maximum absolute atomic E-state index is 9.79. The van der Waals surface area contributed by atoms with E-state index in [1.807, 2.05) is 30.3 Å². The second-order valence-corrected chi connectivity index (χ2v) is 3.01. The van der Waals surface area contributed by atoms with Crippen molar-refractivity contribution in [1.29, 1.82) is 0 Å². The van der Waals surface area contributed by atoms with Crippen molar-refractivity contribution in [2.75, 3.05) is 0 Å². The fourth-order valence-corrected chi connectivity index (χ4v) is 1.27. The van der Waals surface area contributed by atoms with Crippen molar-refractivity contribution in [1.82, 2.24) is 15.0 Å². The first-order valence-corrected chi connectivity index (χ1v) is 4.43. The molecule has 0 fully saturated rings. The van der Waals surface area contributed by atoms with Crippen LogP contribution >= 0.6 is 0 Å². The van der Waals surface area contributed by atoms with Crippen LogP contribution in [0.3, 0.4) is 0 Å². The minimum Gasteiger partial charge on any atom is -0.386 e. The van der Waals surface area contributed by atoms with Crippen molar-refractivity contribution >= 4 is 0 Å². The number of aliphatic hydroxyl groups excluding tert-OH is 1. The summed E-state index contributed by atoms with van der Waals surface area (Å²) >= 11 is 0. The number of nitrogens with zero attached hydrogens (tertiary/aromatic N) is 3. The molecule has 1 N–H and O–H groups in total. The highest BCUT2D eigenvalue weighted by Gasteiger charge is 2.07. The molecule has 72 valence electrons. The van der Waals surface area contributed by atoms with Crippen molar-refractivity contribution in [3.8, 4) is 0 Å². The van der Waals surface area contributed by atoms with E-state index in [4.69, 9.17) is 0 Å². The Bertz CT molecular complexity index is 372. The largest absolute Gasteiger partial charge is 0.386 e. The van der Waals surface area contributed by atoms with E-state index in [1.54, 1.807) is 12.4 Å². The Morgan fingerprint density at radius 1 is 1.14 bits per heavy atom. The van der Waals surface area contributed by atoms with E-state index >= 15 is 0 Å². The van der Waals surface area contributed by atoms with Crippen LogP contribution in [-0.4, -0.2) is 20.1 Å². The van der Waals surface area contributed by atoms with Gasteiger partial charge in [-0.15, -0.1) is 0 Å². The van der Waals surface area contributed by atoms with Gasteiger partial charge in [-0.2, -0.15) is 15.0 Å². The summed E-state index contributed by atoms with van der Waals surface area (Å²) in [7, 11) is 0. The lowest BCUT2D eigenvalue weighted by atomic mass is 10.1. The Kier molecular flexibility index (Phi) is 2.55. The molecule has 0 aliphatic heterocycles. The number of benzene rings is 1. The third-order valence-corrected chi connectivity index (χ3v) is 1.99. The molecular formula is C10H11N3O. The Labute approximate surface area is 81.8 Å². The Hall–Kier alpha value is -1.68. The maximum Gasteiger partial charge on any atom is 0.100 e. The van der Waals surface area contributed by atoms with Crippen molar-refractivity contribution in [3.63, 3.8) is 0 Å². The van der Waals surface area contributed by atoms with E-state index in [0.29, 0.717) is 6.54 Å². The molecule has 0 amide bonds. The monoisotopic (exact) mass is 189 g/mol. The highest BCUT2D eigenvalue weighted by atomic mass is 16.3. The van der Waals surface area contributed by atoms with Crippen LogP contribution in [0.1, 0.15) is 11.7 Å². The van der Waals surface area contributed by atoms with Gasteiger partial charge in [-0.1, -0.05) is 30.3 Å². The summed E-state index contributed by atoms with van der Waals surface area (Å²) in [5.74, 6) is 0. The Morgan fingerprint density at radius 2 is 1.79 bits per heavy atom. The standard InChI is InChI=1S/C10H11N3O/c14-10(8-13-11-6-7-12-13)9-4-2-1-3-5-9/h1-7,10,14H,8H2. The van der Waals surface area contributed by atoms with Crippen LogP contribution in [0.5, 0.6) is 0 Å². The molecule has 1 aromatic carbocycles. The second-order valence-electron chi connectivity index (χ2n) is 3.01. The van der Waals surface area contributed by atoms with Crippen LogP contribution in [0.2, 0.25) is 0 Å². The van der Waals surface area contributed by atoms with Gasteiger partial charge in [0.15, 0.2) is 0 Å². The van der Waals surface area contributed by atoms with Gasteiger partial charge in [-0.05, 0) is 5.56 Å². The molecule has 0 saturated heterocycles. The van der Waals surface area contributed by atoms with E-state index in [1.165, 1.54) is 4.80 Å². The SMILES string of the molecule is OC(Cn1nccn1)c1ccccc1. The van der Waals surface area contributed by atoms with Gasteiger partial charge in [-0.25, -0.2) is 0 Å². The van der Waals surface area contributed by atoms with Crippen LogP contribution in [0, 0.1) is 0 Å². The van der Waals surface area contributed by atoms with E-state index in [-0.39, 0.29) is 0 Å². The average Bonchev–Trinajstić information content (AvgIpc) is 2.72. The minimum absolute atomic E-state index is 0.386. The summed E-state index contributed by atoms with van der Waals surface area (Å²) in [4.78, 5) is 1.47. The highest BCUT2D eigenvalue weighted by molar-refractivity contribution is 5.16. The number of aliphatic hydroxyl groups is 1. The smallest absolute Gasteiger partial charge is 0.100 e. The quantitative estimate of drug-likeness (QED) is 0.784. The topological polar surface area (TPSA) is 50.9 Å². The Balaban J connectivity index is 2.07. The van der Waals surface area contributed by atoms with Gasteiger partial charge in [0.25, 0.3) is 0 Å². The van der Waals surface area contributed by atoms with E-state index < -0.39 is 6.10 Å². The van der Waals surface area contributed by atoms with Crippen molar-refractivity contribution in [3.05, 3.63) is 48.3 Å². The molecule has 0 saturated carbocycles. The lowest BCUT2D eigenvalue weighted by Crippen LogP contribution is -2.10. The zero-order valence-electron chi connectivity index (χ0n) is 7.61. The molecule has 1 heterocycles. The predicted octanol–water partition coefficient (Wildman–Crippen LogP) is 1.01. The van der Waals surface area contributed by atoms with Gasteiger partial charge in [0.2, 0.25) is 0 Å². The summed E-state index contributed by atoms with van der Waals surface area (Å²) < 4.78 is 0.